The highest BCUT2D eigenvalue weighted by Crippen LogP contribution is 2.33. The number of nitrogens with one attached hydrogen (secondary N) is 1. The summed E-state index contributed by atoms with van der Waals surface area (Å²) in [6, 6.07) is 3.93. The standard InChI is InChI=1S/C11H14F3NO4S/c1-18-10(19-2)7-15-20(16,17)9-6-4-3-5-8(9)11(12,13)14/h3-6,10,15H,7H2,1-2H3. The van der Waals surface area contributed by atoms with Gasteiger partial charge >= 0.3 is 6.18 Å². The van der Waals surface area contributed by atoms with Gasteiger partial charge in [-0.15, -0.1) is 0 Å². The maximum atomic E-state index is 12.8. The van der Waals surface area contributed by atoms with Crippen LogP contribution in [0.15, 0.2) is 29.2 Å². The van der Waals surface area contributed by atoms with Crippen LogP contribution in [0.1, 0.15) is 5.56 Å². The van der Waals surface area contributed by atoms with Crippen molar-refractivity contribution in [3.8, 4) is 0 Å². The fourth-order valence-corrected chi connectivity index (χ4v) is 2.70. The van der Waals surface area contributed by atoms with E-state index < -0.39 is 32.9 Å². The monoisotopic (exact) mass is 313 g/mol. The van der Waals surface area contributed by atoms with Gasteiger partial charge in [-0.3, -0.25) is 0 Å². The quantitative estimate of drug-likeness (QED) is 0.810. The van der Waals surface area contributed by atoms with Crippen molar-refractivity contribution >= 4 is 10.0 Å². The van der Waals surface area contributed by atoms with Crippen molar-refractivity contribution in [3.05, 3.63) is 29.8 Å². The Labute approximate surface area is 114 Å². The fourth-order valence-electron chi connectivity index (χ4n) is 1.45. The van der Waals surface area contributed by atoms with Gasteiger partial charge in [0.05, 0.1) is 17.0 Å². The average molecular weight is 313 g/mol. The molecule has 20 heavy (non-hydrogen) atoms. The molecule has 0 fully saturated rings. The van der Waals surface area contributed by atoms with Crippen LogP contribution in [0.25, 0.3) is 0 Å². The third-order valence-corrected chi connectivity index (χ3v) is 3.93. The Morgan fingerprint density at radius 3 is 2.25 bits per heavy atom. The minimum atomic E-state index is -4.76. The van der Waals surface area contributed by atoms with Crippen LogP contribution >= 0.6 is 0 Å². The van der Waals surface area contributed by atoms with Crippen LogP contribution in [0, 0.1) is 0 Å². The smallest absolute Gasteiger partial charge is 0.355 e. The van der Waals surface area contributed by atoms with Gasteiger partial charge in [0.1, 0.15) is 0 Å². The van der Waals surface area contributed by atoms with Gasteiger partial charge in [0.15, 0.2) is 6.29 Å². The first-order valence-corrected chi connectivity index (χ1v) is 6.92. The molecule has 0 heterocycles. The molecule has 114 valence electrons. The van der Waals surface area contributed by atoms with E-state index in [9.17, 15) is 21.6 Å². The van der Waals surface area contributed by atoms with E-state index in [1.807, 2.05) is 4.72 Å². The Balaban J connectivity index is 3.05. The van der Waals surface area contributed by atoms with Gasteiger partial charge in [0.2, 0.25) is 10.0 Å². The molecule has 9 heteroatoms. The highest BCUT2D eigenvalue weighted by molar-refractivity contribution is 7.89. The van der Waals surface area contributed by atoms with Gasteiger partial charge in [-0.25, -0.2) is 13.1 Å². The minimum Gasteiger partial charge on any atom is -0.355 e. The molecule has 0 aliphatic carbocycles. The highest BCUT2D eigenvalue weighted by Gasteiger charge is 2.36. The fraction of sp³-hybridized carbons (Fsp3) is 0.455. The molecule has 1 N–H and O–H groups in total. The summed E-state index contributed by atoms with van der Waals surface area (Å²) in [5.41, 5.74) is -1.22. The molecule has 0 bridgehead atoms. The number of sulfonamides is 1. The lowest BCUT2D eigenvalue weighted by Crippen LogP contribution is -2.35. The number of ether oxygens (including phenoxy) is 2. The molecule has 1 aromatic rings. The summed E-state index contributed by atoms with van der Waals surface area (Å²) in [4.78, 5) is -0.835. The lowest BCUT2D eigenvalue weighted by molar-refractivity contribution is -0.139. The van der Waals surface area contributed by atoms with Crippen molar-refractivity contribution in [1.29, 1.82) is 0 Å². The summed E-state index contributed by atoms with van der Waals surface area (Å²) in [6.45, 7) is -0.304. The van der Waals surface area contributed by atoms with Crippen LogP contribution in [-0.4, -0.2) is 35.5 Å². The van der Waals surface area contributed by atoms with Crippen LogP contribution in [0.2, 0.25) is 0 Å². The molecule has 0 aliphatic heterocycles. The maximum Gasteiger partial charge on any atom is 0.417 e. The molecule has 0 atom stereocenters. The van der Waals surface area contributed by atoms with Crippen molar-refractivity contribution in [2.24, 2.45) is 0 Å². The molecule has 0 saturated heterocycles. The lowest BCUT2D eigenvalue weighted by Gasteiger charge is -2.16. The summed E-state index contributed by atoms with van der Waals surface area (Å²) < 4.78 is 73.7. The summed E-state index contributed by atoms with van der Waals surface area (Å²) in [7, 11) is -1.75. The zero-order chi connectivity index (χ0) is 15.4. The number of alkyl halides is 3. The first-order valence-electron chi connectivity index (χ1n) is 5.44. The molecule has 0 aliphatic rings. The highest BCUT2D eigenvalue weighted by atomic mass is 32.2. The predicted molar refractivity (Wildman–Crippen MR) is 64.4 cm³/mol. The molecule has 5 nitrogen and oxygen atoms in total. The van der Waals surface area contributed by atoms with Crippen molar-refractivity contribution in [1.82, 2.24) is 4.72 Å². The van der Waals surface area contributed by atoms with Gasteiger partial charge in [-0.2, -0.15) is 13.2 Å². The Morgan fingerprint density at radius 1 is 1.20 bits per heavy atom. The van der Waals surface area contributed by atoms with Crippen molar-refractivity contribution in [2.75, 3.05) is 20.8 Å². The van der Waals surface area contributed by atoms with Gasteiger partial charge in [0.25, 0.3) is 0 Å². The second kappa shape index (κ2) is 6.53. The van der Waals surface area contributed by atoms with E-state index in [4.69, 9.17) is 9.47 Å². The molecule has 0 radical (unpaired) electrons. The van der Waals surface area contributed by atoms with Crippen LogP contribution in [0.3, 0.4) is 0 Å². The van der Waals surface area contributed by atoms with E-state index in [2.05, 4.69) is 0 Å². The topological polar surface area (TPSA) is 64.6 Å². The molecule has 0 amide bonds. The third kappa shape index (κ3) is 4.17. The average Bonchev–Trinajstić information content (AvgIpc) is 2.39. The predicted octanol–water partition coefficient (Wildman–Crippen LogP) is 1.60. The molecule has 0 saturated carbocycles. The van der Waals surface area contributed by atoms with Gasteiger partial charge in [-0.05, 0) is 12.1 Å². The number of halogens is 3. The first-order chi connectivity index (χ1) is 9.22. The molecule has 0 aromatic heterocycles. The molecule has 1 rings (SSSR count). The van der Waals surface area contributed by atoms with Gasteiger partial charge < -0.3 is 9.47 Å². The SMILES string of the molecule is COC(CNS(=O)(=O)c1ccccc1C(F)(F)F)OC. The zero-order valence-corrected chi connectivity index (χ0v) is 11.6. The van der Waals surface area contributed by atoms with Crippen LogP contribution in [-0.2, 0) is 25.7 Å². The Kier molecular flexibility index (Phi) is 5.51. The summed E-state index contributed by atoms with van der Waals surface area (Å²) in [5, 5.41) is 0. The number of hydrogen-bond donors (Lipinski definition) is 1. The van der Waals surface area contributed by atoms with Gasteiger partial charge in [0, 0.05) is 14.2 Å². The van der Waals surface area contributed by atoms with Gasteiger partial charge in [-0.1, -0.05) is 12.1 Å². The summed E-state index contributed by atoms with van der Waals surface area (Å²) >= 11 is 0. The molecule has 0 spiro atoms. The van der Waals surface area contributed by atoms with Crippen molar-refractivity contribution in [2.45, 2.75) is 17.4 Å². The summed E-state index contributed by atoms with van der Waals surface area (Å²) in [5.74, 6) is 0. The van der Waals surface area contributed by atoms with E-state index in [0.717, 1.165) is 12.1 Å². The van der Waals surface area contributed by atoms with E-state index in [-0.39, 0.29) is 6.54 Å². The lowest BCUT2D eigenvalue weighted by atomic mass is 10.2. The number of benzene rings is 1. The zero-order valence-electron chi connectivity index (χ0n) is 10.8. The van der Waals surface area contributed by atoms with E-state index in [1.165, 1.54) is 20.3 Å². The number of rotatable bonds is 6. The molecule has 0 unspecified atom stereocenters. The second-order valence-corrected chi connectivity index (χ2v) is 5.48. The van der Waals surface area contributed by atoms with Crippen LogP contribution in [0.5, 0.6) is 0 Å². The van der Waals surface area contributed by atoms with Crippen molar-refractivity contribution < 1.29 is 31.1 Å². The second-order valence-electron chi connectivity index (χ2n) is 3.75. The van der Waals surface area contributed by atoms with Crippen LogP contribution in [0.4, 0.5) is 13.2 Å². The van der Waals surface area contributed by atoms with Crippen LogP contribution < -0.4 is 4.72 Å². The first kappa shape index (κ1) is 16.9. The summed E-state index contributed by atoms with van der Waals surface area (Å²) in [6.07, 6.45) is -5.64. The van der Waals surface area contributed by atoms with E-state index in [0.29, 0.717) is 6.07 Å². The number of methoxy groups -OCH3 is 2. The van der Waals surface area contributed by atoms with E-state index >= 15 is 0 Å². The Morgan fingerprint density at radius 2 is 1.75 bits per heavy atom. The van der Waals surface area contributed by atoms with E-state index in [1.54, 1.807) is 0 Å². The Hall–Kier alpha value is -1.16. The molecule has 1 aromatic carbocycles. The largest absolute Gasteiger partial charge is 0.417 e. The normalized spacial score (nSPS) is 12.9. The molecular weight excluding hydrogens is 299 g/mol. The van der Waals surface area contributed by atoms with Crippen molar-refractivity contribution in [3.63, 3.8) is 0 Å². The molecular formula is C11H14F3NO4S. The Bertz CT molecular complexity index is 541. The maximum absolute atomic E-state index is 12.8. The minimum absolute atomic E-state index is 0.304. The number of hydrogen-bond acceptors (Lipinski definition) is 4. The third-order valence-electron chi connectivity index (χ3n) is 2.45.